The zero-order valence-corrected chi connectivity index (χ0v) is 15.3. The third-order valence-corrected chi connectivity index (χ3v) is 5.09. The van der Waals surface area contributed by atoms with E-state index in [9.17, 15) is 31.5 Å². The van der Waals surface area contributed by atoms with Gasteiger partial charge in [0.15, 0.2) is 11.6 Å². The van der Waals surface area contributed by atoms with E-state index < -0.39 is 52.3 Å². The zero-order valence-electron chi connectivity index (χ0n) is 15.3. The van der Waals surface area contributed by atoms with Gasteiger partial charge in [0.2, 0.25) is 11.8 Å². The lowest BCUT2D eigenvalue weighted by atomic mass is 9.75. The van der Waals surface area contributed by atoms with Crippen molar-refractivity contribution in [3.8, 4) is 0 Å². The second kappa shape index (κ2) is 7.09. The summed E-state index contributed by atoms with van der Waals surface area (Å²) in [4.78, 5) is 30.3. The molecule has 0 saturated carbocycles. The molecule has 154 valence electrons. The van der Waals surface area contributed by atoms with Crippen molar-refractivity contribution in [2.24, 2.45) is 5.41 Å². The van der Waals surface area contributed by atoms with Gasteiger partial charge in [-0.1, -0.05) is 12.1 Å². The standard InChI is InChI=1S/C19H16F5N3O2/c1-18(16(28)26-13-5-3-4-12(20)15(13)21)11(9-27(2)17(18)29)10-6-7-14(25-8-10)19(22,23)24/h3-8,11H,9H2,1-2H3,(H,26,28)/t11-,18+/m1/s1. The van der Waals surface area contributed by atoms with Crippen LogP contribution in [0.3, 0.4) is 0 Å². The Morgan fingerprint density at radius 1 is 1.24 bits per heavy atom. The number of hydrogen-bond donors (Lipinski definition) is 1. The number of alkyl halides is 3. The van der Waals surface area contributed by atoms with Crippen LogP contribution in [0.1, 0.15) is 24.1 Å². The van der Waals surface area contributed by atoms with Crippen LogP contribution >= 0.6 is 0 Å². The molecule has 1 saturated heterocycles. The summed E-state index contributed by atoms with van der Waals surface area (Å²) in [6.45, 7) is 1.36. The molecule has 0 aliphatic carbocycles. The minimum absolute atomic E-state index is 0.0431. The SMILES string of the molecule is CN1C[C@H](c2ccc(C(F)(F)F)nc2)[C@@](C)(C(=O)Nc2cccc(F)c2F)C1=O. The van der Waals surface area contributed by atoms with Gasteiger partial charge in [0.1, 0.15) is 11.1 Å². The second-order valence-electron chi connectivity index (χ2n) is 6.97. The summed E-state index contributed by atoms with van der Waals surface area (Å²) in [5.41, 5.74) is -3.06. The van der Waals surface area contributed by atoms with Crippen molar-refractivity contribution in [1.82, 2.24) is 9.88 Å². The predicted octanol–water partition coefficient (Wildman–Crippen LogP) is 3.58. The third-order valence-electron chi connectivity index (χ3n) is 5.09. The molecule has 2 aromatic rings. The van der Waals surface area contributed by atoms with Crippen LogP contribution < -0.4 is 5.32 Å². The van der Waals surface area contributed by atoms with Gasteiger partial charge < -0.3 is 10.2 Å². The number of anilines is 1. The van der Waals surface area contributed by atoms with E-state index in [1.54, 1.807) is 0 Å². The van der Waals surface area contributed by atoms with Crippen LogP contribution in [0.15, 0.2) is 36.5 Å². The molecule has 5 nitrogen and oxygen atoms in total. The van der Waals surface area contributed by atoms with Crippen LogP contribution in [-0.2, 0) is 15.8 Å². The summed E-state index contributed by atoms with van der Waals surface area (Å²) >= 11 is 0. The molecule has 1 aromatic heterocycles. The van der Waals surface area contributed by atoms with E-state index in [0.29, 0.717) is 0 Å². The monoisotopic (exact) mass is 413 g/mol. The Morgan fingerprint density at radius 2 is 1.93 bits per heavy atom. The number of likely N-dealkylation sites (tertiary alicyclic amines) is 1. The lowest BCUT2D eigenvalue weighted by molar-refractivity contribution is -0.142. The lowest BCUT2D eigenvalue weighted by Crippen LogP contribution is -2.43. The fraction of sp³-hybridized carbons (Fsp3) is 0.316. The van der Waals surface area contributed by atoms with Gasteiger partial charge >= 0.3 is 6.18 Å². The summed E-state index contributed by atoms with van der Waals surface area (Å²) in [5, 5.41) is 2.22. The van der Waals surface area contributed by atoms with E-state index >= 15 is 0 Å². The summed E-state index contributed by atoms with van der Waals surface area (Å²) < 4.78 is 65.6. The van der Waals surface area contributed by atoms with Gasteiger partial charge in [-0.25, -0.2) is 8.78 Å². The molecule has 2 heterocycles. The Kier molecular flexibility index (Phi) is 5.06. The first-order valence-corrected chi connectivity index (χ1v) is 8.50. The Bertz CT molecular complexity index is 961. The molecular weight excluding hydrogens is 397 g/mol. The molecule has 0 radical (unpaired) electrons. The summed E-state index contributed by atoms with van der Waals surface area (Å²) in [7, 11) is 1.44. The summed E-state index contributed by atoms with van der Waals surface area (Å²) in [5.74, 6) is -4.80. The van der Waals surface area contributed by atoms with Crippen molar-refractivity contribution in [3.05, 3.63) is 59.4 Å². The minimum Gasteiger partial charge on any atom is -0.344 e. The van der Waals surface area contributed by atoms with Crippen LogP contribution in [0.4, 0.5) is 27.6 Å². The van der Waals surface area contributed by atoms with Gasteiger partial charge in [0.25, 0.3) is 0 Å². The maximum absolute atomic E-state index is 13.9. The molecule has 1 N–H and O–H groups in total. The number of benzene rings is 1. The molecule has 0 spiro atoms. The molecule has 1 aromatic carbocycles. The topological polar surface area (TPSA) is 62.3 Å². The highest BCUT2D eigenvalue weighted by Gasteiger charge is 2.55. The molecule has 1 aliphatic heterocycles. The van der Waals surface area contributed by atoms with Gasteiger partial charge in [-0.2, -0.15) is 13.2 Å². The van der Waals surface area contributed by atoms with Crippen LogP contribution in [0.25, 0.3) is 0 Å². The highest BCUT2D eigenvalue weighted by molar-refractivity contribution is 6.12. The van der Waals surface area contributed by atoms with E-state index in [2.05, 4.69) is 10.3 Å². The maximum atomic E-state index is 13.9. The average molecular weight is 413 g/mol. The number of rotatable bonds is 3. The number of carbonyl (C=O) groups is 2. The number of likely N-dealkylation sites (N-methyl/N-ethyl adjacent to an activating group) is 1. The first kappa shape index (κ1) is 20.7. The second-order valence-corrected chi connectivity index (χ2v) is 6.97. The molecule has 3 rings (SSSR count). The number of amides is 2. The molecule has 10 heteroatoms. The molecule has 0 bridgehead atoms. The van der Waals surface area contributed by atoms with Crippen molar-refractivity contribution >= 4 is 17.5 Å². The molecule has 1 fully saturated rings. The van der Waals surface area contributed by atoms with Crippen molar-refractivity contribution < 1.29 is 31.5 Å². The maximum Gasteiger partial charge on any atom is 0.433 e. The first-order valence-electron chi connectivity index (χ1n) is 8.50. The number of carbonyl (C=O) groups excluding carboxylic acids is 2. The van der Waals surface area contributed by atoms with E-state index in [-0.39, 0.29) is 12.1 Å². The van der Waals surface area contributed by atoms with Crippen LogP contribution in [0, 0.1) is 17.0 Å². The number of pyridine rings is 1. The van der Waals surface area contributed by atoms with Gasteiger partial charge in [-0.15, -0.1) is 0 Å². The van der Waals surface area contributed by atoms with Crippen molar-refractivity contribution in [3.63, 3.8) is 0 Å². The van der Waals surface area contributed by atoms with Crippen LogP contribution in [-0.4, -0.2) is 35.3 Å². The fourth-order valence-electron chi connectivity index (χ4n) is 3.41. The highest BCUT2D eigenvalue weighted by Crippen LogP contribution is 2.44. The van der Waals surface area contributed by atoms with Crippen LogP contribution in [0.2, 0.25) is 0 Å². The fourth-order valence-corrected chi connectivity index (χ4v) is 3.41. The van der Waals surface area contributed by atoms with Gasteiger partial charge in [0.05, 0.1) is 5.69 Å². The van der Waals surface area contributed by atoms with Crippen molar-refractivity contribution in [1.29, 1.82) is 0 Å². The molecule has 0 unspecified atom stereocenters. The largest absolute Gasteiger partial charge is 0.433 e. The molecular formula is C19H16F5N3O2. The molecule has 29 heavy (non-hydrogen) atoms. The Morgan fingerprint density at radius 3 is 2.52 bits per heavy atom. The average Bonchev–Trinajstić information content (AvgIpc) is 2.90. The van der Waals surface area contributed by atoms with Gasteiger partial charge in [0, 0.05) is 25.7 Å². The summed E-state index contributed by atoms with van der Waals surface area (Å²) in [6, 6.07) is 5.12. The Labute approximate surface area is 162 Å². The molecule has 2 atom stereocenters. The number of halogens is 5. The lowest BCUT2D eigenvalue weighted by Gasteiger charge is -2.27. The van der Waals surface area contributed by atoms with E-state index in [4.69, 9.17) is 0 Å². The van der Waals surface area contributed by atoms with Gasteiger partial charge in [-0.3, -0.25) is 14.6 Å². The summed E-state index contributed by atoms with van der Waals surface area (Å²) in [6.07, 6.45) is -3.66. The molecule has 2 amide bonds. The van der Waals surface area contributed by atoms with E-state index in [0.717, 1.165) is 30.5 Å². The Hall–Kier alpha value is -3.04. The highest BCUT2D eigenvalue weighted by atomic mass is 19.4. The smallest absolute Gasteiger partial charge is 0.344 e. The van der Waals surface area contributed by atoms with E-state index in [1.165, 1.54) is 24.9 Å². The number of hydrogen-bond acceptors (Lipinski definition) is 3. The minimum atomic E-state index is -4.63. The predicted molar refractivity (Wildman–Crippen MR) is 92.7 cm³/mol. The van der Waals surface area contributed by atoms with Crippen molar-refractivity contribution in [2.75, 3.05) is 18.9 Å². The number of nitrogens with one attached hydrogen (secondary N) is 1. The molecule has 1 aliphatic rings. The normalized spacial score (nSPS) is 22.1. The third kappa shape index (κ3) is 3.54. The quantitative estimate of drug-likeness (QED) is 0.618. The first-order chi connectivity index (χ1) is 13.5. The zero-order chi connectivity index (χ0) is 21.6. The Balaban J connectivity index is 1.96. The number of nitrogens with zero attached hydrogens (tertiary/aromatic N) is 2. The van der Waals surface area contributed by atoms with Crippen LogP contribution in [0.5, 0.6) is 0 Å². The van der Waals surface area contributed by atoms with E-state index in [1.807, 2.05) is 0 Å². The number of aromatic nitrogens is 1. The van der Waals surface area contributed by atoms with Crippen molar-refractivity contribution in [2.45, 2.75) is 19.0 Å². The van der Waals surface area contributed by atoms with Gasteiger partial charge in [-0.05, 0) is 30.7 Å².